The third kappa shape index (κ3) is 4.56. The summed E-state index contributed by atoms with van der Waals surface area (Å²) in [6, 6.07) is 7.78. The zero-order chi connectivity index (χ0) is 25.4. The minimum atomic E-state index is -0.915. The number of piperazine rings is 1. The van der Waals surface area contributed by atoms with Crippen LogP contribution in [0.4, 0.5) is 0 Å². The van der Waals surface area contributed by atoms with Gasteiger partial charge in [-0.2, -0.15) is 0 Å². The third-order valence-electron chi connectivity index (χ3n) is 7.66. The summed E-state index contributed by atoms with van der Waals surface area (Å²) in [4.78, 5) is 49.1. The van der Waals surface area contributed by atoms with E-state index in [1.807, 2.05) is 45.9 Å². The molecule has 2 aliphatic rings. The molecule has 4 atom stereocenters. The van der Waals surface area contributed by atoms with E-state index < -0.39 is 18.1 Å². The highest BCUT2D eigenvalue weighted by Gasteiger charge is 2.51. The standard InChI is InChI=1S/C28H36N4O3/c1-7-16(2)24-26(33)30-23(21-13-19-10-8-9-11-20(19)14-21)27(34)32(24)25(28(35)31(5)6)22-15-29-18(4)12-17(22)3/h8-12,15-16,21,23-25H,7,13-14H2,1-6H3,(H,30,33)/t16-,23+,24+,25+/m0/s1. The number of hydrogen-bond donors (Lipinski definition) is 1. The SMILES string of the molecule is CC[C@H](C)[C@@H]1C(=O)N[C@H](C2Cc3ccccc3C2)C(=O)N1[C@@H](C(=O)N(C)C)c1cnc(C)cc1C. The van der Waals surface area contributed by atoms with Gasteiger partial charge < -0.3 is 15.1 Å². The van der Waals surface area contributed by atoms with Crippen LogP contribution in [0.5, 0.6) is 0 Å². The third-order valence-corrected chi connectivity index (χ3v) is 7.66. The molecule has 1 aromatic heterocycles. The molecule has 1 saturated heterocycles. The maximum Gasteiger partial charge on any atom is 0.249 e. The number of aromatic nitrogens is 1. The Balaban J connectivity index is 1.80. The Bertz CT molecular complexity index is 1120. The molecule has 186 valence electrons. The van der Waals surface area contributed by atoms with Crippen molar-refractivity contribution in [3.8, 4) is 0 Å². The van der Waals surface area contributed by atoms with Crippen LogP contribution in [0.3, 0.4) is 0 Å². The minimum absolute atomic E-state index is 0.0448. The van der Waals surface area contributed by atoms with E-state index in [1.54, 1.807) is 25.2 Å². The lowest BCUT2D eigenvalue weighted by atomic mass is 9.85. The monoisotopic (exact) mass is 476 g/mol. The van der Waals surface area contributed by atoms with Crippen molar-refractivity contribution >= 4 is 17.7 Å². The molecule has 1 aliphatic carbocycles. The molecule has 4 rings (SSSR count). The van der Waals surface area contributed by atoms with Gasteiger partial charge in [0.2, 0.25) is 17.7 Å². The summed E-state index contributed by atoms with van der Waals surface area (Å²) in [6.45, 7) is 7.79. The van der Waals surface area contributed by atoms with Gasteiger partial charge in [0.1, 0.15) is 18.1 Å². The lowest BCUT2D eigenvalue weighted by Crippen LogP contribution is -2.68. The Kier molecular flexibility index (Phi) is 6.97. The van der Waals surface area contributed by atoms with Crippen LogP contribution < -0.4 is 5.32 Å². The van der Waals surface area contributed by atoms with Crippen LogP contribution in [0, 0.1) is 25.7 Å². The molecule has 0 unspecified atom stereocenters. The number of aryl methyl sites for hydroxylation is 2. The highest BCUT2D eigenvalue weighted by molar-refractivity contribution is 6.00. The van der Waals surface area contributed by atoms with Gasteiger partial charge in [0, 0.05) is 31.5 Å². The number of hydrogen-bond acceptors (Lipinski definition) is 4. The number of rotatable bonds is 6. The molecule has 7 nitrogen and oxygen atoms in total. The molecule has 0 saturated carbocycles. The lowest BCUT2D eigenvalue weighted by molar-refractivity contribution is -0.161. The van der Waals surface area contributed by atoms with E-state index in [4.69, 9.17) is 0 Å². The van der Waals surface area contributed by atoms with E-state index in [0.29, 0.717) is 12.0 Å². The van der Waals surface area contributed by atoms with E-state index in [1.165, 1.54) is 16.0 Å². The highest BCUT2D eigenvalue weighted by Crippen LogP contribution is 2.37. The van der Waals surface area contributed by atoms with Crippen LogP contribution in [0.15, 0.2) is 36.5 Å². The van der Waals surface area contributed by atoms with Crippen LogP contribution in [-0.4, -0.2) is 58.7 Å². The van der Waals surface area contributed by atoms with Gasteiger partial charge in [-0.25, -0.2) is 0 Å². The number of amides is 3. The van der Waals surface area contributed by atoms with Crippen molar-refractivity contribution in [2.45, 2.75) is 65.1 Å². The number of pyridine rings is 1. The zero-order valence-electron chi connectivity index (χ0n) is 21.5. The second-order valence-electron chi connectivity index (χ2n) is 10.3. The predicted molar refractivity (Wildman–Crippen MR) is 135 cm³/mol. The largest absolute Gasteiger partial charge is 0.347 e. The smallest absolute Gasteiger partial charge is 0.249 e. The minimum Gasteiger partial charge on any atom is -0.347 e. The number of carbonyl (C=O) groups is 3. The number of carbonyl (C=O) groups excluding carboxylic acids is 3. The molecule has 0 spiro atoms. The van der Waals surface area contributed by atoms with Crippen molar-refractivity contribution in [3.05, 3.63) is 64.5 Å². The number of nitrogens with one attached hydrogen (secondary N) is 1. The van der Waals surface area contributed by atoms with Crippen LogP contribution in [0.1, 0.15) is 54.3 Å². The number of fused-ring (bicyclic) bond motifs is 1. The molecule has 1 aliphatic heterocycles. The van der Waals surface area contributed by atoms with Crippen molar-refractivity contribution < 1.29 is 14.4 Å². The molecule has 0 radical (unpaired) electrons. The molecule has 35 heavy (non-hydrogen) atoms. The topological polar surface area (TPSA) is 82.6 Å². The van der Waals surface area contributed by atoms with Crippen molar-refractivity contribution in [1.82, 2.24) is 20.1 Å². The normalized spacial score (nSPS) is 21.9. The van der Waals surface area contributed by atoms with Crippen molar-refractivity contribution in [2.24, 2.45) is 11.8 Å². The Morgan fingerprint density at radius 2 is 1.80 bits per heavy atom. The second kappa shape index (κ2) is 9.80. The Hall–Kier alpha value is -3.22. The van der Waals surface area contributed by atoms with Gasteiger partial charge in [-0.1, -0.05) is 44.5 Å². The zero-order valence-corrected chi connectivity index (χ0v) is 21.5. The van der Waals surface area contributed by atoms with E-state index in [-0.39, 0.29) is 29.6 Å². The Labute approximate surface area is 207 Å². The first-order valence-electron chi connectivity index (χ1n) is 12.5. The van der Waals surface area contributed by atoms with Gasteiger partial charge in [0.05, 0.1) is 0 Å². The van der Waals surface area contributed by atoms with E-state index in [0.717, 1.165) is 24.1 Å². The summed E-state index contributed by atoms with van der Waals surface area (Å²) in [6.07, 6.45) is 3.85. The average Bonchev–Trinajstić information content (AvgIpc) is 3.25. The maximum atomic E-state index is 14.3. The van der Waals surface area contributed by atoms with Gasteiger partial charge in [-0.05, 0) is 61.3 Å². The number of nitrogens with zero attached hydrogens (tertiary/aromatic N) is 3. The van der Waals surface area contributed by atoms with Gasteiger partial charge in [0.15, 0.2) is 0 Å². The lowest BCUT2D eigenvalue weighted by Gasteiger charge is -2.46. The van der Waals surface area contributed by atoms with Crippen LogP contribution >= 0.6 is 0 Å². The van der Waals surface area contributed by atoms with Gasteiger partial charge >= 0.3 is 0 Å². The van der Waals surface area contributed by atoms with Crippen molar-refractivity contribution in [3.63, 3.8) is 0 Å². The van der Waals surface area contributed by atoms with Gasteiger partial charge in [-0.15, -0.1) is 0 Å². The molecule has 2 aromatic rings. The van der Waals surface area contributed by atoms with Crippen LogP contribution in [0.25, 0.3) is 0 Å². The first-order chi connectivity index (χ1) is 16.6. The molecule has 2 heterocycles. The average molecular weight is 477 g/mol. The summed E-state index contributed by atoms with van der Waals surface area (Å²) in [5.41, 5.74) is 4.82. The maximum absolute atomic E-state index is 14.3. The molecule has 3 amide bonds. The summed E-state index contributed by atoms with van der Waals surface area (Å²) < 4.78 is 0. The first-order valence-corrected chi connectivity index (χ1v) is 12.5. The highest BCUT2D eigenvalue weighted by atomic mass is 16.2. The molecule has 7 heteroatoms. The molecule has 1 N–H and O–H groups in total. The Morgan fingerprint density at radius 3 is 2.34 bits per heavy atom. The Morgan fingerprint density at radius 1 is 1.17 bits per heavy atom. The summed E-state index contributed by atoms with van der Waals surface area (Å²) in [5.74, 6) is -0.765. The van der Waals surface area contributed by atoms with E-state index >= 15 is 0 Å². The summed E-state index contributed by atoms with van der Waals surface area (Å²) in [7, 11) is 3.37. The number of likely N-dealkylation sites (N-methyl/N-ethyl adjacent to an activating group) is 1. The fourth-order valence-corrected chi connectivity index (χ4v) is 5.56. The van der Waals surface area contributed by atoms with Gasteiger partial charge in [0.25, 0.3) is 0 Å². The fourth-order valence-electron chi connectivity index (χ4n) is 5.56. The van der Waals surface area contributed by atoms with E-state index in [2.05, 4.69) is 22.4 Å². The van der Waals surface area contributed by atoms with Crippen molar-refractivity contribution in [1.29, 1.82) is 0 Å². The molecule has 0 bridgehead atoms. The fraction of sp³-hybridized carbons (Fsp3) is 0.500. The van der Waals surface area contributed by atoms with Crippen LogP contribution in [0.2, 0.25) is 0 Å². The molecule has 1 aromatic carbocycles. The summed E-state index contributed by atoms with van der Waals surface area (Å²) >= 11 is 0. The van der Waals surface area contributed by atoms with E-state index in [9.17, 15) is 14.4 Å². The summed E-state index contributed by atoms with van der Waals surface area (Å²) in [5, 5.41) is 3.07. The van der Waals surface area contributed by atoms with Crippen LogP contribution in [-0.2, 0) is 27.2 Å². The molecular weight excluding hydrogens is 440 g/mol. The predicted octanol–water partition coefficient (Wildman–Crippen LogP) is 2.98. The quantitative estimate of drug-likeness (QED) is 0.695. The molecule has 1 fully saturated rings. The first kappa shape index (κ1) is 24.9. The van der Waals surface area contributed by atoms with Crippen molar-refractivity contribution in [2.75, 3.05) is 14.1 Å². The second-order valence-corrected chi connectivity index (χ2v) is 10.3. The number of benzene rings is 1. The van der Waals surface area contributed by atoms with Gasteiger partial charge in [-0.3, -0.25) is 19.4 Å². The molecular formula is C28H36N4O3.